The van der Waals surface area contributed by atoms with Crippen LogP contribution in [0.3, 0.4) is 0 Å². The molecule has 0 bridgehead atoms. The van der Waals surface area contributed by atoms with Crippen LogP contribution in [0.1, 0.15) is 27.0 Å². The SMILES string of the molecule is Cc1ccc(C(O)=CC(=O)c2ccccc2)cc1C. The summed E-state index contributed by atoms with van der Waals surface area (Å²) in [5.41, 5.74) is 3.47. The molecule has 2 heteroatoms. The second kappa shape index (κ2) is 5.53. The molecule has 0 unspecified atom stereocenters. The molecule has 0 atom stereocenters. The summed E-state index contributed by atoms with van der Waals surface area (Å²) in [5, 5.41) is 10.0. The lowest BCUT2D eigenvalue weighted by atomic mass is 10.0. The van der Waals surface area contributed by atoms with Crippen molar-refractivity contribution in [2.24, 2.45) is 0 Å². The molecule has 2 aromatic carbocycles. The van der Waals surface area contributed by atoms with Crippen molar-refractivity contribution in [3.05, 3.63) is 76.9 Å². The van der Waals surface area contributed by atoms with E-state index in [2.05, 4.69) is 0 Å². The average molecular weight is 252 g/mol. The van der Waals surface area contributed by atoms with Gasteiger partial charge in [0.15, 0.2) is 5.78 Å². The number of benzene rings is 2. The number of ketones is 1. The van der Waals surface area contributed by atoms with Gasteiger partial charge in [-0.2, -0.15) is 0 Å². The molecule has 96 valence electrons. The summed E-state index contributed by atoms with van der Waals surface area (Å²) in [6.45, 7) is 3.99. The first-order chi connectivity index (χ1) is 9.08. The van der Waals surface area contributed by atoms with Crippen LogP contribution in [-0.4, -0.2) is 10.9 Å². The van der Waals surface area contributed by atoms with E-state index < -0.39 is 0 Å². The van der Waals surface area contributed by atoms with Gasteiger partial charge in [-0.3, -0.25) is 4.79 Å². The Morgan fingerprint density at radius 3 is 2.26 bits per heavy atom. The van der Waals surface area contributed by atoms with E-state index in [4.69, 9.17) is 0 Å². The second-order valence-electron chi connectivity index (χ2n) is 4.56. The first-order valence-corrected chi connectivity index (χ1v) is 6.15. The Kier molecular flexibility index (Phi) is 3.81. The molecule has 0 amide bonds. The predicted octanol–water partition coefficient (Wildman–Crippen LogP) is 4.09. The monoisotopic (exact) mass is 252 g/mol. The van der Waals surface area contributed by atoms with Gasteiger partial charge in [-0.25, -0.2) is 0 Å². The molecule has 0 aromatic heterocycles. The molecule has 0 heterocycles. The van der Waals surface area contributed by atoms with Crippen LogP contribution in [0.4, 0.5) is 0 Å². The van der Waals surface area contributed by atoms with Crippen LogP contribution < -0.4 is 0 Å². The van der Waals surface area contributed by atoms with Gasteiger partial charge in [-0.1, -0.05) is 42.5 Å². The lowest BCUT2D eigenvalue weighted by Crippen LogP contribution is -1.96. The minimum absolute atomic E-state index is 0.00282. The van der Waals surface area contributed by atoms with E-state index >= 15 is 0 Å². The fourth-order valence-electron chi connectivity index (χ4n) is 1.79. The smallest absolute Gasteiger partial charge is 0.189 e. The van der Waals surface area contributed by atoms with E-state index in [9.17, 15) is 9.90 Å². The van der Waals surface area contributed by atoms with Crippen molar-refractivity contribution in [1.82, 2.24) is 0 Å². The maximum Gasteiger partial charge on any atom is 0.189 e. The Balaban J connectivity index is 2.28. The topological polar surface area (TPSA) is 37.3 Å². The van der Waals surface area contributed by atoms with E-state index in [-0.39, 0.29) is 11.5 Å². The fourth-order valence-corrected chi connectivity index (χ4v) is 1.79. The highest BCUT2D eigenvalue weighted by Crippen LogP contribution is 2.17. The summed E-state index contributed by atoms with van der Waals surface area (Å²) in [6, 6.07) is 14.5. The zero-order chi connectivity index (χ0) is 13.8. The van der Waals surface area contributed by atoms with Gasteiger partial charge in [-0.15, -0.1) is 0 Å². The standard InChI is InChI=1S/C17H16O2/c1-12-8-9-15(10-13(12)2)17(19)11-16(18)14-6-4-3-5-7-14/h3-11,19H,1-2H3. The third-order valence-corrected chi connectivity index (χ3v) is 3.13. The molecule has 0 spiro atoms. The van der Waals surface area contributed by atoms with Crippen molar-refractivity contribution in [3.8, 4) is 0 Å². The molecular formula is C17H16O2. The molecule has 19 heavy (non-hydrogen) atoms. The maximum absolute atomic E-state index is 11.9. The number of aliphatic hydroxyl groups is 1. The highest BCUT2D eigenvalue weighted by Gasteiger charge is 2.06. The third kappa shape index (κ3) is 3.10. The Morgan fingerprint density at radius 1 is 0.947 bits per heavy atom. The van der Waals surface area contributed by atoms with Crippen LogP contribution in [0.2, 0.25) is 0 Å². The van der Waals surface area contributed by atoms with Crippen molar-refractivity contribution in [3.63, 3.8) is 0 Å². The number of hydrogen-bond acceptors (Lipinski definition) is 2. The molecule has 0 saturated heterocycles. The van der Waals surface area contributed by atoms with Gasteiger partial charge in [0.25, 0.3) is 0 Å². The number of aliphatic hydroxyl groups excluding tert-OH is 1. The molecule has 2 aromatic rings. The summed E-state index contributed by atoms with van der Waals surface area (Å²) >= 11 is 0. The van der Waals surface area contributed by atoms with Crippen molar-refractivity contribution in [2.45, 2.75) is 13.8 Å². The van der Waals surface area contributed by atoms with E-state index in [1.165, 1.54) is 6.08 Å². The Hall–Kier alpha value is -2.35. The number of carbonyl (C=O) groups excluding carboxylic acids is 1. The van der Waals surface area contributed by atoms with Crippen LogP contribution >= 0.6 is 0 Å². The predicted molar refractivity (Wildman–Crippen MR) is 77.3 cm³/mol. The van der Waals surface area contributed by atoms with Gasteiger partial charge < -0.3 is 5.11 Å². The van der Waals surface area contributed by atoms with Crippen molar-refractivity contribution in [1.29, 1.82) is 0 Å². The third-order valence-electron chi connectivity index (χ3n) is 3.13. The van der Waals surface area contributed by atoms with Crippen molar-refractivity contribution >= 4 is 11.5 Å². The molecule has 0 radical (unpaired) electrons. The summed E-state index contributed by atoms with van der Waals surface area (Å²) in [7, 11) is 0. The number of carbonyl (C=O) groups is 1. The number of aryl methyl sites for hydroxylation is 2. The summed E-state index contributed by atoms with van der Waals surface area (Å²) < 4.78 is 0. The van der Waals surface area contributed by atoms with Gasteiger partial charge in [0, 0.05) is 17.2 Å². The van der Waals surface area contributed by atoms with Crippen molar-refractivity contribution < 1.29 is 9.90 Å². The van der Waals surface area contributed by atoms with Crippen LogP contribution in [0.15, 0.2) is 54.6 Å². The molecule has 0 aliphatic rings. The van der Waals surface area contributed by atoms with E-state index in [1.54, 1.807) is 24.3 Å². The fraction of sp³-hybridized carbons (Fsp3) is 0.118. The summed E-state index contributed by atoms with van der Waals surface area (Å²) in [4.78, 5) is 11.9. The Morgan fingerprint density at radius 2 is 1.63 bits per heavy atom. The minimum Gasteiger partial charge on any atom is -0.507 e. The van der Waals surface area contributed by atoms with E-state index in [1.807, 2.05) is 38.1 Å². The first-order valence-electron chi connectivity index (χ1n) is 6.15. The van der Waals surface area contributed by atoms with E-state index in [0.717, 1.165) is 11.1 Å². The minimum atomic E-state index is -0.198. The van der Waals surface area contributed by atoms with Crippen LogP contribution in [0, 0.1) is 13.8 Å². The molecule has 2 nitrogen and oxygen atoms in total. The molecule has 0 saturated carbocycles. The summed E-state index contributed by atoms with van der Waals surface area (Å²) in [6.07, 6.45) is 1.26. The number of allylic oxidation sites excluding steroid dienone is 1. The summed E-state index contributed by atoms with van der Waals surface area (Å²) in [5.74, 6) is -0.201. The molecular weight excluding hydrogens is 236 g/mol. The second-order valence-corrected chi connectivity index (χ2v) is 4.56. The maximum atomic E-state index is 11.9. The number of rotatable bonds is 3. The highest BCUT2D eigenvalue weighted by molar-refractivity contribution is 6.07. The van der Waals surface area contributed by atoms with Crippen LogP contribution in [0.5, 0.6) is 0 Å². The average Bonchev–Trinajstić information content (AvgIpc) is 2.42. The molecule has 0 fully saturated rings. The van der Waals surface area contributed by atoms with Gasteiger partial charge in [0.05, 0.1) is 0 Å². The molecule has 0 aliphatic carbocycles. The Labute approximate surface area is 113 Å². The Bertz CT molecular complexity index is 625. The molecule has 1 N–H and O–H groups in total. The number of hydrogen-bond donors (Lipinski definition) is 1. The first kappa shape index (κ1) is 13.1. The van der Waals surface area contributed by atoms with Crippen LogP contribution in [-0.2, 0) is 0 Å². The quantitative estimate of drug-likeness (QED) is 0.507. The van der Waals surface area contributed by atoms with Crippen LogP contribution in [0.25, 0.3) is 5.76 Å². The molecule has 0 aliphatic heterocycles. The van der Waals surface area contributed by atoms with Gasteiger partial charge in [0.1, 0.15) is 5.76 Å². The normalized spacial score (nSPS) is 11.4. The van der Waals surface area contributed by atoms with Gasteiger partial charge in [0.2, 0.25) is 0 Å². The van der Waals surface area contributed by atoms with Gasteiger partial charge >= 0.3 is 0 Å². The zero-order valence-corrected chi connectivity index (χ0v) is 11.1. The highest BCUT2D eigenvalue weighted by atomic mass is 16.3. The lowest BCUT2D eigenvalue weighted by molar-refractivity contribution is 0.104. The zero-order valence-electron chi connectivity index (χ0n) is 11.1. The largest absolute Gasteiger partial charge is 0.507 e. The molecule has 2 rings (SSSR count). The lowest BCUT2D eigenvalue weighted by Gasteiger charge is -2.04. The van der Waals surface area contributed by atoms with Gasteiger partial charge in [-0.05, 0) is 31.0 Å². The van der Waals surface area contributed by atoms with Crippen molar-refractivity contribution in [2.75, 3.05) is 0 Å². The van der Waals surface area contributed by atoms with E-state index in [0.29, 0.717) is 11.1 Å².